The average molecular weight is 304 g/mol. The van der Waals surface area contributed by atoms with E-state index in [4.69, 9.17) is 4.74 Å². The molecular weight excluding hydrogens is 284 g/mol. The van der Waals surface area contributed by atoms with Gasteiger partial charge in [-0.05, 0) is 32.4 Å². The highest BCUT2D eigenvalue weighted by atomic mass is 32.1. The van der Waals surface area contributed by atoms with E-state index in [2.05, 4.69) is 10.3 Å². The van der Waals surface area contributed by atoms with Gasteiger partial charge in [-0.1, -0.05) is 18.2 Å². The average Bonchev–Trinajstić information content (AvgIpc) is 2.81. The first-order valence-corrected chi connectivity index (χ1v) is 7.84. The molecule has 2 rings (SSSR count). The van der Waals surface area contributed by atoms with Crippen LogP contribution in [0.3, 0.4) is 0 Å². The van der Waals surface area contributed by atoms with Crippen LogP contribution in [0.15, 0.2) is 30.3 Å². The van der Waals surface area contributed by atoms with Crippen LogP contribution in [0.1, 0.15) is 28.4 Å². The van der Waals surface area contributed by atoms with Crippen molar-refractivity contribution in [2.24, 2.45) is 0 Å². The number of aromatic nitrogens is 1. The smallest absolute Gasteiger partial charge is 0.220 e. The lowest BCUT2D eigenvalue weighted by atomic mass is 10.3. The van der Waals surface area contributed by atoms with Crippen molar-refractivity contribution in [3.63, 3.8) is 0 Å². The largest absolute Gasteiger partial charge is 0.494 e. The van der Waals surface area contributed by atoms with Crippen LogP contribution in [0.4, 0.5) is 0 Å². The van der Waals surface area contributed by atoms with Crippen molar-refractivity contribution < 1.29 is 9.53 Å². The molecular formula is C16H20N2O2S. The number of carbonyl (C=O) groups is 1. The summed E-state index contributed by atoms with van der Waals surface area (Å²) in [6.45, 7) is 5.09. The lowest BCUT2D eigenvalue weighted by Crippen LogP contribution is -2.22. The number of nitrogens with zero attached hydrogens (tertiary/aromatic N) is 1. The second-order valence-electron chi connectivity index (χ2n) is 4.79. The first-order valence-electron chi connectivity index (χ1n) is 7.02. The number of benzene rings is 1. The quantitative estimate of drug-likeness (QED) is 0.799. The van der Waals surface area contributed by atoms with E-state index in [1.807, 2.05) is 44.2 Å². The highest BCUT2D eigenvalue weighted by molar-refractivity contribution is 7.11. The predicted molar refractivity (Wildman–Crippen MR) is 84.6 cm³/mol. The topological polar surface area (TPSA) is 51.2 Å². The maximum Gasteiger partial charge on any atom is 0.220 e. The highest BCUT2D eigenvalue weighted by Gasteiger charge is 2.06. The number of thiazole rings is 1. The van der Waals surface area contributed by atoms with Gasteiger partial charge in [0.1, 0.15) is 10.8 Å². The number of hydrogen-bond donors (Lipinski definition) is 1. The first-order chi connectivity index (χ1) is 10.1. The predicted octanol–water partition coefficient (Wildman–Crippen LogP) is 3.24. The number of amides is 1. The molecule has 0 fully saturated rings. The Kier molecular flexibility index (Phi) is 5.75. The Hall–Kier alpha value is -1.88. The van der Waals surface area contributed by atoms with E-state index in [0.29, 0.717) is 26.0 Å². The van der Waals surface area contributed by atoms with Crippen LogP contribution in [0, 0.1) is 13.8 Å². The summed E-state index contributed by atoms with van der Waals surface area (Å²) in [5.41, 5.74) is 1.04. The maximum absolute atomic E-state index is 11.7. The van der Waals surface area contributed by atoms with Crippen LogP contribution >= 0.6 is 11.3 Å². The fourth-order valence-electron chi connectivity index (χ4n) is 1.82. The first kappa shape index (κ1) is 15.5. The minimum atomic E-state index is 0.0390. The number of ether oxygens (including phenoxy) is 1. The Bertz CT molecular complexity index is 562. The maximum atomic E-state index is 11.7. The van der Waals surface area contributed by atoms with Crippen LogP contribution in [-0.4, -0.2) is 17.5 Å². The van der Waals surface area contributed by atoms with Crippen molar-refractivity contribution in [3.8, 4) is 5.75 Å². The number of para-hydroxylation sites is 1. The highest BCUT2D eigenvalue weighted by Crippen LogP contribution is 2.16. The van der Waals surface area contributed by atoms with E-state index in [1.54, 1.807) is 11.3 Å². The molecule has 0 radical (unpaired) electrons. The molecule has 1 aromatic carbocycles. The summed E-state index contributed by atoms with van der Waals surface area (Å²) in [4.78, 5) is 17.3. The number of nitrogens with one attached hydrogen (secondary N) is 1. The Morgan fingerprint density at radius 1 is 1.29 bits per heavy atom. The summed E-state index contributed by atoms with van der Waals surface area (Å²) in [5.74, 6) is 0.879. The van der Waals surface area contributed by atoms with Gasteiger partial charge in [0.2, 0.25) is 5.91 Å². The molecule has 0 spiro atoms. The van der Waals surface area contributed by atoms with Gasteiger partial charge in [0.05, 0.1) is 18.8 Å². The summed E-state index contributed by atoms with van der Waals surface area (Å²) in [6.07, 6.45) is 1.17. The van der Waals surface area contributed by atoms with Gasteiger partial charge in [-0.2, -0.15) is 0 Å². The molecule has 2 aromatic rings. The van der Waals surface area contributed by atoms with Crippen molar-refractivity contribution in [2.75, 3.05) is 6.61 Å². The van der Waals surface area contributed by atoms with Crippen LogP contribution in [0.25, 0.3) is 0 Å². The van der Waals surface area contributed by atoms with Crippen molar-refractivity contribution in [1.82, 2.24) is 10.3 Å². The molecule has 1 N–H and O–H groups in total. The van der Waals surface area contributed by atoms with Crippen LogP contribution in [-0.2, 0) is 11.3 Å². The molecule has 4 nitrogen and oxygen atoms in total. The van der Waals surface area contributed by atoms with Gasteiger partial charge < -0.3 is 10.1 Å². The number of aryl methyl sites for hydroxylation is 2. The summed E-state index contributed by atoms with van der Waals surface area (Å²) in [5, 5.41) is 3.85. The van der Waals surface area contributed by atoms with Crippen LogP contribution in [0.2, 0.25) is 0 Å². The van der Waals surface area contributed by atoms with E-state index in [1.165, 1.54) is 4.88 Å². The summed E-state index contributed by atoms with van der Waals surface area (Å²) < 4.78 is 5.55. The van der Waals surface area contributed by atoms with Gasteiger partial charge in [-0.25, -0.2) is 4.98 Å². The van der Waals surface area contributed by atoms with Gasteiger partial charge in [-0.3, -0.25) is 4.79 Å². The summed E-state index contributed by atoms with van der Waals surface area (Å²) in [7, 11) is 0. The number of carbonyl (C=O) groups excluding carboxylic acids is 1. The van der Waals surface area contributed by atoms with Crippen LogP contribution in [0.5, 0.6) is 5.75 Å². The van der Waals surface area contributed by atoms with Gasteiger partial charge in [0.15, 0.2) is 0 Å². The molecule has 1 heterocycles. The van der Waals surface area contributed by atoms with E-state index >= 15 is 0 Å². The normalized spacial score (nSPS) is 10.4. The second kappa shape index (κ2) is 7.78. The lowest BCUT2D eigenvalue weighted by Gasteiger charge is -2.06. The minimum absolute atomic E-state index is 0.0390. The molecule has 0 atom stereocenters. The third-order valence-corrected chi connectivity index (χ3v) is 4.14. The Morgan fingerprint density at radius 2 is 2.05 bits per heavy atom. The molecule has 0 saturated heterocycles. The van der Waals surface area contributed by atoms with E-state index in [9.17, 15) is 4.79 Å². The van der Waals surface area contributed by atoms with Crippen molar-refractivity contribution in [2.45, 2.75) is 33.2 Å². The van der Waals surface area contributed by atoms with Crippen molar-refractivity contribution in [1.29, 1.82) is 0 Å². The fraction of sp³-hybridized carbons (Fsp3) is 0.375. The van der Waals surface area contributed by atoms with Gasteiger partial charge in [0, 0.05) is 11.3 Å². The molecule has 5 heteroatoms. The monoisotopic (exact) mass is 304 g/mol. The lowest BCUT2D eigenvalue weighted by molar-refractivity contribution is -0.121. The second-order valence-corrected chi connectivity index (χ2v) is 6.08. The van der Waals surface area contributed by atoms with Crippen molar-refractivity contribution >= 4 is 17.2 Å². The summed E-state index contributed by atoms with van der Waals surface area (Å²) in [6, 6.07) is 9.63. The molecule has 0 aliphatic rings. The Labute approximate surface area is 129 Å². The molecule has 21 heavy (non-hydrogen) atoms. The fourth-order valence-corrected chi connectivity index (χ4v) is 2.69. The molecule has 0 saturated carbocycles. The van der Waals surface area contributed by atoms with Gasteiger partial charge >= 0.3 is 0 Å². The van der Waals surface area contributed by atoms with Gasteiger partial charge in [-0.15, -0.1) is 11.3 Å². The van der Waals surface area contributed by atoms with Crippen LogP contribution < -0.4 is 10.1 Å². The molecule has 1 amide bonds. The summed E-state index contributed by atoms with van der Waals surface area (Å²) >= 11 is 1.63. The van der Waals surface area contributed by atoms with E-state index in [0.717, 1.165) is 16.5 Å². The minimum Gasteiger partial charge on any atom is -0.494 e. The molecule has 1 aromatic heterocycles. The van der Waals surface area contributed by atoms with Crippen molar-refractivity contribution in [3.05, 3.63) is 45.9 Å². The van der Waals surface area contributed by atoms with E-state index < -0.39 is 0 Å². The zero-order chi connectivity index (χ0) is 15.1. The molecule has 0 aliphatic carbocycles. The number of hydrogen-bond acceptors (Lipinski definition) is 4. The van der Waals surface area contributed by atoms with E-state index in [-0.39, 0.29) is 5.91 Å². The molecule has 0 aliphatic heterocycles. The third-order valence-electron chi connectivity index (χ3n) is 3.07. The zero-order valence-electron chi connectivity index (χ0n) is 12.4. The van der Waals surface area contributed by atoms with Gasteiger partial charge in [0.25, 0.3) is 0 Å². The standard InChI is InChI=1S/C16H20N2O2S/c1-12-13(2)21-16(18-12)11-17-15(19)9-6-10-20-14-7-4-3-5-8-14/h3-5,7-8H,6,9-11H2,1-2H3,(H,17,19). The molecule has 112 valence electrons. The Morgan fingerprint density at radius 3 is 2.71 bits per heavy atom. The zero-order valence-corrected chi connectivity index (χ0v) is 13.2. The third kappa shape index (κ3) is 5.19. The number of rotatable bonds is 7. The molecule has 0 unspecified atom stereocenters. The molecule has 0 bridgehead atoms. The Balaban J connectivity index is 1.61. The SMILES string of the molecule is Cc1nc(CNC(=O)CCCOc2ccccc2)sc1C.